The molecule has 0 heterocycles. The van der Waals surface area contributed by atoms with Crippen LogP contribution in [0.15, 0.2) is 24.3 Å². The number of carbonyl (C=O) groups is 1. The smallest absolute Gasteiger partial charge is 0.222 e. The summed E-state index contributed by atoms with van der Waals surface area (Å²) in [6, 6.07) is 8.50. The Balaban J connectivity index is 1.85. The summed E-state index contributed by atoms with van der Waals surface area (Å²) in [5.41, 5.74) is 2.53. The Labute approximate surface area is 128 Å². The van der Waals surface area contributed by atoms with Gasteiger partial charge in [0.25, 0.3) is 0 Å². The van der Waals surface area contributed by atoms with Crippen molar-refractivity contribution in [1.29, 1.82) is 0 Å². The first kappa shape index (κ1) is 16.0. The topological polar surface area (TPSA) is 40.5 Å². The lowest BCUT2D eigenvalue weighted by atomic mass is 9.91. The van der Waals surface area contributed by atoms with Crippen LogP contribution < -0.4 is 0 Å². The van der Waals surface area contributed by atoms with Crippen LogP contribution in [0.25, 0.3) is 0 Å². The van der Waals surface area contributed by atoms with Gasteiger partial charge in [0.15, 0.2) is 0 Å². The highest BCUT2D eigenvalue weighted by Crippen LogP contribution is 2.23. The summed E-state index contributed by atoms with van der Waals surface area (Å²) in [5, 5.41) is 10.0. The largest absolute Gasteiger partial charge is 0.391 e. The van der Waals surface area contributed by atoms with Crippen molar-refractivity contribution in [3.05, 3.63) is 35.4 Å². The van der Waals surface area contributed by atoms with E-state index in [1.807, 2.05) is 7.05 Å². The van der Waals surface area contributed by atoms with Crippen molar-refractivity contribution in [2.75, 3.05) is 7.05 Å². The van der Waals surface area contributed by atoms with Crippen molar-refractivity contribution in [2.24, 2.45) is 0 Å². The summed E-state index contributed by atoms with van der Waals surface area (Å²) >= 11 is 0. The lowest BCUT2D eigenvalue weighted by Gasteiger charge is -2.35. The molecular formula is C18H27NO2. The van der Waals surface area contributed by atoms with Crippen LogP contribution in [0.1, 0.15) is 50.2 Å². The SMILES string of the molecule is CCc1ccc(CCC(=O)N(C)C2CCCCC2O)cc1. The average Bonchev–Trinajstić information content (AvgIpc) is 2.53. The van der Waals surface area contributed by atoms with Crippen LogP contribution in [-0.2, 0) is 17.6 Å². The first-order valence-corrected chi connectivity index (χ1v) is 8.13. The number of benzene rings is 1. The molecule has 0 spiro atoms. The van der Waals surface area contributed by atoms with Gasteiger partial charge in [-0.2, -0.15) is 0 Å². The highest BCUT2D eigenvalue weighted by molar-refractivity contribution is 5.76. The number of carbonyl (C=O) groups excluding carboxylic acids is 1. The molecule has 1 amide bonds. The van der Waals surface area contributed by atoms with Gasteiger partial charge in [-0.1, -0.05) is 44.0 Å². The van der Waals surface area contributed by atoms with Crippen molar-refractivity contribution in [3.8, 4) is 0 Å². The van der Waals surface area contributed by atoms with Gasteiger partial charge < -0.3 is 10.0 Å². The van der Waals surface area contributed by atoms with Crippen molar-refractivity contribution >= 4 is 5.91 Å². The fourth-order valence-electron chi connectivity index (χ4n) is 3.10. The zero-order valence-electron chi connectivity index (χ0n) is 13.2. The predicted octanol–water partition coefficient (Wildman–Crippen LogP) is 2.94. The second kappa shape index (κ2) is 7.60. The summed E-state index contributed by atoms with van der Waals surface area (Å²) in [4.78, 5) is 14.1. The molecule has 2 rings (SSSR count). The van der Waals surface area contributed by atoms with E-state index in [0.717, 1.165) is 38.5 Å². The van der Waals surface area contributed by atoms with Gasteiger partial charge in [-0.05, 0) is 36.8 Å². The molecule has 0 bridgehead atoms. The molecule has 21 heavy (non-hydrogen) atoms. The van der Waals surface area contributed by atoms with E-state index in [1.165, 1.54) is 11.1 Å². The highest BCUT2D eigenvalue weighted by atomic mass is 16.3. The van der Waals surface area contributed by atoms with Gasteiger partial charge in [-0.25, -0.2) is 0 Å². The minimum Gasteiger partial charge on any atom is -0.391 e. The van der Waals surface area contributed by atoms with Gasteiger partial charge in [0, 0.05) is 13.5 Å². The van der Waals surface area contributed by atoms with Gasteiger partial charge in [0.05, 0.1) is 12.1 Å². The number of aliphatic hydroxyl groups is 1. The number of rotatable bonds is 5. The van der Waals surface area contributed by atoms with E-state index in [4.69, 9.17) is 0 Å². The van der Waals surface area contributed by atoms with E-state index in [9.17, 15) is 9.90 Å². The van der Waals surface area contributed by atoms with Crippen LogP contribution >= 0.6 is 0 Å². The number of nitrogens with zero attached hydrogens (tertiary/aromatic N) is 1. The maximum Gasteiger partial charge on any atom is 0.222 e. The molecular weight excluding hydrogens is 262 g/mol. The maximum atomic E-state index is 12.3. The highest BCUT2D eigenvalue weighted by Gasteiger charge is 2.28. The number of amides is 1. The quantitative estimate of drug-likeness (QED) is 0.905. The third-order valence-electron chi connectivity index (χ3n) is 4.64. The molecule has 0 aliphatic heterocycles. The summed E-state index contributed by atoms with van der Waals surface area (Å²) < 4.78 is 0. The van der Waals surface area contributed by atoms with Crippen LogP contribution in [0.3, 0.4) is 0 Å². The molecule has 2 unspecified atom stereocenters. The van der Waals surface area contributed by atoms with Gasteiger partial charge >= 0.3 is 0 Å². The first-order valence-electron chi connectivity index (χ1n) is 8.13. The molecule has 1 aliphatic carbocycles. The van der Waals surface area contributed by atoms with E-state index in [1.54, 1.807) is 4.90 Å². The van der Waals surface area contributed by atoms with Crippen LogP contribution in [0, 0.1) is 0 Å². The monoisotopic (exact) mass is 289 g/mol. The minimum absolute atomic E-state index is 0.00807. The molecule has 0 aromatic heterocycles. The molecule has 2 atom stereocenters. The van der Waals surface area contributed by atoms with Crippen LogP contribution in [-0.4, -0.2) is 35.1 Å². The molecule has 1 N–H and O–H groups in total. The van der Waals surface area contributed by atoms with Crippen molar-refractivity contribution < 1.29 is 9.90 Å². The zero-order valence-corrected chi connectivity index (χ0v) is 13.2. The van der Waals surface area contributed by atoms with E-state index in [2.05, 4.69) is 31.2 Å². The maximum absolute atomic E-state index is 12.3. The lowest BCUT2D eigenvalue weighted by molar-refractivity contribution is -0.135. The Morgan fingerprint density at radius 2 is 1.81 bits per heavy atom. The average molecular weight is 289 g/mol. The molecule has 3 heteroatoms. The Kier molecular flexibility index (Phi) is 5.80. The summed E-state index contributed by atoms with van der Waals surface area (Å²) in [5.74, 6) is 0.139. The van der Waals surface area contributed by atoms with Crippen molar-refractivity contribution in [1.82, 2.24) is 4.90 Å². The first-order chi connectivity index (χ1) is 10.1. The van der Waals surface area contributed by atoms with Gasteiger partial charge in [-0.3, -0.25) is 4.79 Å². The number of likely N-dealkylation sites (N-methyl/N-ethyl adjacent to an activating group) is 1. The molecule has 116 valence electrons. The van der Waals surface area contributed by atoms with E-state index in [0.29, 0.717) is 6.42 Å². The van der Waals surface area contributed by atoms with Crippen LogP contribution in [0.4, 0.5) is 0 Å². The third-order valence-corrected chi connectivity index (χ3v) is 4.64. The van der Waals surface area contributed by atoms with Gasteiger partial charge in [0.1, 0.15) is 0 Å². The zero-order chi connectivity index (χ0) is 15.2. The van der Waals surface area contributed by atoms with Crippen molar-refractivity contribution in [3.63, 3.8) is 0 Å². The Bertz CT molecular complexity index is 455. The number of hydrogen-bond acceptors (Lipinski definition) is 2. The fraction of sp³-hybridized carbons (Fsp3) is 0.611. The predicted molar refractivity (Wildman–Crippen MR) is 85.2 cm³/mol. The normalized spacial score (nSPS) is 22.0. The van der Waals surface area contributed by atoms with Crippen LogP contribution in [0.2, 0.25) is 0 Å². The molecule has 1 aromatic carbocycles. The molecule has 1 aromatic rings. The fourth-order valence-corrected chi connectivity index (χ4v) is 3.10. The van der Waals surface area contributed by atoms with Gasteiger partial charge in [-0.15, -0.1) is 0 Å². The minimum atomic E-state index is -0.350. The molecule has 1 fully saturated rings. The number of aryl methyl sites for hydroxylation is 2. The Hall–Kier alpha value is -1.35. The second-order valence-corrected chi connectivity index (χ2v) is 6.09. The summed E-state index contributed by atoms with van der Waals surface area (Å²) in [6.45, 7) is 2.14. The van der Waals surface area contributed by atoms with E-state index >= 15 is 0 Å². The molecule has 1 saturated carbocycles. The molecule has 3 nitrogen and oxygen atoms in total. The molecule has 1 aliphatic rings. The van der Waals surface area contributed by atoms with E-state index in [-0.39, 0.29) is 18.1 Å². The van der Waals surface area contributed by atoms with Gasteiger partial charge in [0.2, 0.25) is 5.91 Å². The third kappa shape index (κ3) is 4.31. The standard InChI is InChI=1S/C18H27NO2/c1-3-14-8-10-15(11-9-14)12-13-18(21)19(2)16-6-4-5-7-17(16)20/h8-11,16-17,20H,3-7,12-13H2,1-2H3. The Morgan fingerprint density at radius 1 is 1.19 bits per heavy atom. The van der Waals surface area contributed by atoms with Crippen molar-refractivity contribution in [2.45, 2.75) is 64.0 Å². The lowest BCUT2D eigenvalue weighted by Crippen LogP contribution is -2.46. The number of hydrogen-bond donors (Lipinski definition) is 1. The van der Waals surface area contributed by atoms with Crippen LogP contribution in [0.5, 0.6) is 0 Å². The Morgan fingerprint density at radius 3 is 2.43 bits per heavy atom. The molecule has 0 radical (unpaired) electrons. The molecule has 0 saturated heterocycles. The summed E-state index contributed by atoms with van der Waals surface area (Å²) in [6.07, 6.45) is 5.91. The number of aliphatic hydroxyl groups excluding tert-OH is 1. The summed E-state index contributed by atoms with van der Waals surface area (Å²) in [7, 11) is 1.84. The van der Waals surface area contributed by atoms with E-state index < -0.39 is 0 Å². The second-order valence-electron chi connectivity index (χ2n) is 6.09.